The summed E-state index contributed by atoms with van der Waals surface area (Å²) >= 11 is 1.43. The number of carbonyl (C=O) groups is 1. The van der Waals surface area contributed by atoms with Crippen molar-refractivity contribution in [2.24, 2.45) is 0 Å². The van der Waals surface area contributed by atoms with Crippen LogP contribution in [-0.2, 0) is 0 Å². The van der Waals surface area contributed by atoms with E-state index in [-0.39, 0.29) is 11.5 Å². The molecular weight excluding hydrogens is 251 g/mol. The van der Waals surface area contributed by atoms with Gasteiger partial charge >= 0.3 is 0 Å². The first-order valence-corrected chi connectivity index (χ1v) is 6.30. The van der Waals surface area contributed by atoms with Gasteiger partial charge in [-0.15, -0.1) is 11.3 Å². The maximum atomic E-state index is 13.6. The lowest BCUT2D eigenvalue weighted by Gasteiger charge is -2.04. The van der Waals surface area contributed by atoms with E-state index in [1.807, 2.05) is 19.9 Å². The van der Waals surface area contributed by atoms with E-state index >= 15 is 0 Å². The van der Waals surface area contributed by atoms with Crippen molar-refractivity contribution in [3.63, 3.8) is 0 Å². The Kier molecular flexibility index (Phi) is 3.48. The van der Waals surface area contributed by atoms with Crippen molar-refractivity contribution < 1.29 is 13.9 Å². The van der Waals surface area contributed by atoms with Gasteiger partial charge in [0, 0.05) is 10.4 Å². The van der Waals surface area contributed by atoms with Crippen LogP contribution >= 0.6 is 11.3 Å². The highest BCUT2D eigenvalue weighted by Gasteiger charge is 2.16. The van der Waals surface area contributed by atoms with Crippen molar-refractivity contribution in [1.29, 1.82) is 0 Å². The topological polar surface area (TPSA) is 26.3 Å². The third kappa shape index (κ3) is 2.29. The zero-order valence-electron chi connectivity index (χ0n) is 10.4. The standard InChI is InChI=1S/C14H13FO2S/c1-8-6-9(2)18-14(8)13(16)10-4-5-12(17-3)11(15)7-10/h4-7H,1-3H3. The summed E-state index contributed by atoms with van der Waals surface area (Å²) in [4.78, 5) is 14.0. The fourth-order valence-electron chi connectivity index (χ4n) is 1.81. The molecule has 2 aromatic rings. The predicted molar refractivity (Wildman–Crippen MR) is 70.2 cm³/mol. The zero-order valence-corrected chi connectivity index (χ0v) is 11.2. The summed E-state index contributed by atoms with van der Waals surface area (Å²) in [6.07, 6.45) is 0. The lowest BCUT2D eigenvalue weighted by atomic mass is 10.1. The van der Waals surface area contributed by atoms with Crippen LogP contribution in [0.3, 0.4) is 0 Å². The maximum absolute atomic E-state index is 13.6. The summed E-state index contributed by atoms with van der Waals surface area (Å²) in [5.74, 6) is -0.521. The molecule has 0 radical (unpaired) electrons. The van der Waals surface area contributed by atoms with Gasteiger partial charge in [0.1, 0.15) is 0 Å². The first-order chi connectivity index (χ1) is 8.52. The molecule has 0 saturated heterocycles. The predicted octanol–water partition coefficient (Wildman–Crippen LogP) is 3.74. The monoisotopic (exact) mass is 264 g/mol. The van der Waals surface area contributed by atoms with Crippen LogP contribution in [0.25, 0.3) is 0 Å². The second-order valence-corrected chi connectivity index (χ2v) is 5.30. The molecule has 0 N–H and O–H groups in total. The van der Waals surface area contributed by atoms with E-state index < -0.39 is 5.82 Å². The number of halogens is 1. The summed E-state index contributed by atoms with van der Waals surface area (Å²) in [5, 5.41) is 0. The Bertz CT molecular complexity index is 602. The minimum atomic E-state index is -0.519. The minimum absolute atomic E-state index is 0.144. The van der Waals surface area contributed by atoms with Gasteiger partial charge < -0.3 is 4.74 Å². The van der Waals surface area contributed by atoms with Gasteiger partial charge in [0.2, 0.25) is 5.78 Å². The Morgan fingerprint density at radius 3 is 2.50 bits per heavy atom. The molecule has 94 valence electrons. The van der Waals surface area contributed by atoms with Crippen LogP contribution in [0.1, 0.15) is 25.7 Å². The average Bonchev–Trinajstić information content (AvgIpc) is 2.67. The Balaban J connectivity index is 2.40. The van der Waals surface area contributed by atoms with Crippen LogP contribution in [0.15, 0.2) is 24.3 Å². The highest BCUT2D eigenvalue weighted by atomic mass is 32.1. The molecule has 0 saturated carbocycles. The number of carbonyl (C=O) groups excluding carboxylic acids is 1. The third-order valence-electron chi connectivity index (χ3n) is 2.66. The van der Waals surface area contributed by atoms with Crippen LogP contribution in [0, 0.1) is 19.7 Å². The summed E-state index contributed by atoms with van der Waals surface area (Å²) in [7, 11) is 1.40. The number of rotatable bonds is 3. The molecule has 0 bridgehead atoms. The summed E-state index contributed by atoms with van der Waals surface area (Å²) in [5.41, 5.74) is 1.27. The number of ether oxygens (including phenoxy) is 1. The third-order valence-corrected chi connectivity index (χ3v) is 3.81. The second kappa shape index (κ2) is 4.90. The molecule has 1 aromatic heterocycles. The van der Waals surface area contributed by atoms with E-state index in [4.69, 9.17) is 4.74 Å². The molecule has 0 unspecified atom stereocenters. The van der Waals surface area contributed by atoms with Gasteiger partial charge in [-0.3, -0.25) is 4.79 Å². The molecule has 4 heteroatoms. The van der Waals surface area contributed by atoms with Crippen LogP contribution in [-0.4, -0.2) is 12.9 Å². The van der Waals surface area contributed by atoms with Gasteiger partial charge in [-0.1, -0.05) is 0 Å². The first-order valence-electron chi connectivity index (χ1n) is 5.48. The van der Waals surface area contributed by atoms with Gasteiger partial charge in [0.15, 0.2) is 11.6 Å². The molecule has 18 heavy (non-hydrogen) atoms. The van der Waals surface area contributed by atoms with E-state index in [0.29, 0.717) is 10.4 Å². The van der Waals surface area contributed by atoms with Gasteiger partial charge in [-0.05, 0) is 43.7 Å². The van der Waals surface area contributed by atoms with E-state index in [1.165, 1.54) is 30.6 Å². The van der Waals surface area contributed by atoms with Gasteiger partial charge in [-0.25, -0.2) is 4.39 Å². The van der Waals surface area contributed by atoms with Crippen LogP contribution in [0.5, 0.6) is 5.75 Å². The van der Waals surface area contributed by atoms with Crippen LogP contribution in [0.2, 0.25) is 0 Å². The fourth-order valence-corrected chi connectivity index (χ4v) is 2.79. The van der Waals surface area contributed by atoms with Crippen LogP contribution in [0.4, 0.5) is 4.39 Å². The largest absolute Gasteiger partial charge is 0.494 e. The number of aryl methyl sites for hydroxylation is 2. The van der Waals surface area contributed by atoms with Gasteiger partial charge in [0.05, 0.1) is 12.0 Å². The minimum Gasteiger partial charge on any atom is -0.494 e. The van der Waals surface area contributed by atoms with Crippen molar-refractivity contribution >= 4 is 17.1 Å². The zero-order chi connectivity index (χ0) is 13.3. The van der Waals surface area contributed by atoms with E-state index in [1.54, 1.807) is 6.07 Å². The quantitative estimate of drug-likeness (QED) is 0.789. The van der Waals surface area contributed by atoms with Crippen molar-refractivity contribution in [1.82, 2.24) is 0 Å². The highest BCUT2D eigenvalue weighted by Crippen LogP contribution is 2.26. The fraction of sp³-hybridized carbons (Fsp3) is 0.214. The summed E-state index contributed by atoms with van der Waals surface area (Å²) in [6, 6.07) is 6.23. The molecule has 1 heterocycles. The Morgan fingerprint density at radius 1 is 1.28 bits per heavy atom. The smallest absolute Gasteiger partial charge is 0.203 e. The Labute approximate surface area is 109 Å². The lowest BCUT2D eigenvalue weighted by Crippen LogP contribution is -2.01. The van der Waals surface area contributed by atoms with E-state index in [9.17, 15) is 9.18 Å². The molecule has 1 aromatic carbocycles. The molecule has 2 nitrogen and oxygen atoms in total. The number of hydrogen-bond donors (Lipinski definition) is 0. The number of methoxy groups -OCH3 is 1. The van der Waals surface area contributed by atoms with Crippen LogP contribution < -0.4 is 4.74 Å². The lowest BCUT2D eigenvalue weighted by molar-refractivity contribution is 0.104. The van der Waals surface area contributed by atoms with Gasteiger partial charge in [0.25, 0.3) is 0 Å². The number of ketones is 1. The van der Waals surface area contributed by atoms with Crippen molar-refractivity contribution in [3.05, 3.63) is 51.0 Å². The molecule has 2 rings (SSSR count). The molecule has 0 fully saturated rings. The Hall–Kier alpha value is -1.68. The average molecular weight is 264 g/mol. The second-order valence-electron chi connectivity index (χ2n) is 4.05. The molecule has 0 aliphatic rings. The Morgan fingerprint density at radius 2 is 2.00 bits per heavy atom. The van der Waals surface area contributed by atoms with Crippen molar-refractivity contribution in [3.8, 4) is 5.75 Å². The van der Waals surface area contributed by atoms with Crippen molar-refractivity contribution in [2.45, 2.75) is 13.8 Å². The summed E-state index contributed by atoms with van der Waals surface area (Å²) < 4.78 is 18.4. The summed E-state index contributed by atoms with van der Waals surface area (Å²) in [6.45, 7) is 3.83. The van der Waals surface area contributed by atoms with E-state index in [0.717, 1.165) is 10.4 Å². The molecule has 0 aliphatic carbocycles. The highest BCUT2D eigenvalue weighted by molar-refractivity contribution is 7.14. The molecule has 0 aliphatic heterocycles. The van der Waals surface area contributed by atoms with Crippen molar-refractivity contribution in [2.75, 3.05) is 7.11 Å². The molecular formula is C14H13FO2S. The SMILES string of the molecule is COc1ccc(C(=O)c2sc(C)cc2C)cc1F. The van der Waals surface area contributed by atoms with Gasteiger partial charge in [-0.2, -0.15) is 0 Å². The maximum Gasteiger partial charge on any atom is 0.203 e. The molecule has 0 spiro atoms. The normalized spacial score (nSPS) is 10.4. The number of benzene rings is 1. The molecule has 0 amide bonds. The van der Waals surface area contributed by atoms with E-state index in [2.05, 4.69) is 0 Å². The first kappa shape index (κ1) is 12.8. The number of hydrogen-bond acceptors (Lipinski definition) is 3. The molecule has 0 atom stereocenters. The number of thiophene rings is 1.